The van der Waals surface area contributed by atoms with E-state index in [1.54, 1.807) is 56.4 Å². The SMILES string of the molecule is CCOC(=O)CCCN1CCc2c(c(C(F)(F)F)nn2-c2cccc(C(=O)N(C)c3ccc4c(c3)OCO4)c2)C1. The quantitative estimate of drug-likeness (QED) is 0.374. The van der Waals surface area contributed by atoms with Crippen molar-refractivity contribution in [1.82, 2.24) is 14.7 Å². The molecule has 5 rings (SSSR count). The molecule has 12 heteroatoms. The Morgan fingerprint density at radius 2 is 1.93 bits per heavy atom. The number of halogens is 3. The maximum atomic E-state index is 14.0. The first-order valence-electron chi connectivity index (χ1n) is 13.0. The highest BCUT2D eigenvalue weighted by atomic mass is 19.4. The number of alkyl halides is 3. The molecule has 0 bridgehead atoms. The van der Waals surface area contributed by atoms with Crippen LogP contribution in [0.15, 0.2) is 42.5 Å². The number of carbonyl (C=O) groups excluding carboxylic acids is 2. The van der Waals surface area contributed by atoms with Crippen molar-refractivity contribution in [2.45, 2.75) is 38.9 Å². The van der Waals surface area contributed by atoms with Crippen molar-refractivity contribution in [2.75, 3.05) is 38.4 Å². The Morgan fingerprint density at radius 3 is 2.70 bits per heavy atom. The molecule has 2 aromatic carbocycles. The minimum Gasteiger partial charge on any atom is -0.466 e. The zero-order chi connectivity index (χ0) is 28.4. The third-order valence-electron chi connectivity index (χ3n) is 6.95. The van der Waals surface area contributed by atoms with E-state index >= 15 is 0 Å². The number of hydrogen-bond acceptors (Lipinski definition) is 7. The van der Waals surface area contributed by atoms with E-state index in [9.17, 15) is 22.8 Å². The van der Waals surface area contributed by atoms with Gasteiger partial charge in [0, 0.05) is 55.9 Å². The molecule has 0 radical (unpaired) electrons. The minimum absolute atomic E-state index is 0.0679. The Bertz CT molecular complexity index is 1420. The van der Waals surface area contributed by atoms with E-state index in [2.05, 4.69) is 5.10 Å². The maximum absolute atomic E-state index is 14.0. The molecule has 0 atom stereocenters. The highest BCUT2D eigenvalue weighted by Gasteiger charge is 2.41. The molecule has 0 fully saturated rings. The van der Waals surface area contributed by atoms with Crippen molar-refractivity contribution < 1.29 is 37.0 Å². The molecule has 0 unspecified atom stereocenters. The van der Waals surface area contributed by atoms with Crippen LogP contribution in [0.2, 0.25) is 0 Å². The molecule has 0 N–H and O–H groups in total. The smallest absolute Gasteiger partial charge is 0.435 e. The van der Waals surface area contributed by atoms with Gasteiger partial charge in [0.1, 0.15) is 0 Å². The topological polar surface area (TPSA) is 86.1 Å². The van der Waals surface area contributed by atoms with Crippen LogP contribution < -0.4 is 14.4 Å². The first-order chi connectivity index (χ1) is 19.2. The highest BCUT2D eigenvalue weighted by Crippen LogP contribution is 2.37. The lowest BCUT2D eigenvalue weighted by molar-refractivity contribution is -0.143. The normalized spacial score (nSPS) is 14.6. The van der Waals surface area contributed by atoms with Crippen molar-refractivity contribution in [3.8, 4) is 17.2 Å². The number of amides is 1. The molecule has 0 spiro atoms. The van der Waals surface area contributed by atoms with E-state index in [1.807, 2.05) is 4.90 Å². The summed E-state index contributed by atoms with van der Waals surface area (Å²) in [5.74, 6) is 0.463. The summed E-state index contributed by atoms with van der Waals surface area (Å²) < 4.78 is 59.0. The summed E-state index contributed by atoms with van der Waals surface area (Å²) in [5, 5.41) is 3.98. The van der Waals surface area contributed by atoms with Crippen LogP contribution in [0.4, 0.5) is 18.9 Å². The number of ether oxygens (including phenoxy) is 3. The van der Waals surface area contributed by atoms with Gasteiger partial charge >= 0.3 is 12.1 Å². The monoisotopic (exact) mass is 558 g/mol. The molecule has 0 saturated heterocycles. The summed E-state index contributed by atoms with van der Waals surface area (Å²) >= 11 is 0. The lowest BCUT2D eigenvalue weighted by Crippen LogP contribution is -2.33. The molecule has 0 saturated carbocycles. The Labute approximate surface area is 229 Å². The molecule has 3 heterocycles. The summed E-state index contributed by atoms with van der Waals surface area (Å²) in [6, 6.07) is 11.6. The van der Waals surface area contributed by atoms with Gasteiger partial charge in [-0.3, -0.25) is 14.5 Å². The van der Waals surface area contributed by atoms with Crippen molar-refractivity contribution in [2.24, 2.45) is 0 Å². The van der Waals surface area contributed by atoms with Crippen LogP contribution in [0.1, 0.15) is 47.1 Å². The molecule has 1 amide bonds. The van der Waals surface area contributed by atoms with E-state index in [0.29, 0.717) is 66.7 Å². The summed E-state index contributed by atoms with van der Waals surface area (Å²) in [5.41, 5.74) is 0.886. The standard InChI is InChI=1S/C28H29F3N4O5/c1-3-38-25(36)8-5-12-34-13-11-22-21(16-34)26(28(29,30)31)32-35(22)20-7-4-6-18(14-20)27(37)33(2)19-9-10-23-24(15-19)40-17-39-23/h4,6-7,9-10,14-15H,3,5,8,11-13,16-17H2,1-2H3. The highest BCUT2D eigenvalue weighted by molar-refractivity contribution is 6.06. The van der Waals surface area contributed by atoms with Crippen LogP contribution in [0.3, 0.4) is 0 Å². The van der Waals surface area contributed by atoms with Gasteiger partial charge in [0.15, 0.2) is 17.2 Å². The lowest BCUT2D eigenvalue weighted by Gasteiger charge is -2.27. The van der Waals surface area contributed by atoms with Gasteiger partial charge in [-0.1, -0.05) is 6.07 Å². The van der Waals surface area contributed by atoms with Gasteiger partial charge in [0.25, 0.3) is 5.91 Å². The van der Waals surface area contributed by atoms with E-state index in [0.717, 1.165) is 0 Å². The van der Waals surface area contributed by atoms with Gasteiger partial charge in [-0.25, -0.2) is 4.68 Å². The third-order valence-corrected chi connectivity index (χ3v) is 6.95. The second-order valence-corrected chi connectivity index (χ2v) is 9.57. The van der Waals surface area contributed by atoms with Crippen LogP contribution in [0.5, 0.6) is 11.5 Å². The fourth-order valence-corrected chi connectivity index (χ4v) is 4.96. The number of carbonyl (C=O) groups is 2. The number of fused-ring (bicyclic) bond motifs is 2. The fraction of sp³-hybridized carbons (Fsp3) is 0.393. The van der Waals surface area contributed by atoms with E-state index < -0.39 is 11.9 Å². The zero-order valence-electron chi connectivity index (χ0n) is 22.2. The zero-order valence-corrected chi connectivity index (χ0v) is 22.2. The number of esters is 1. The van der Waals surface area contributed by atoms with Crippen molar-refractivity contribution in [3.63, 3.8) is 0 Å². The molecule has 3 aromatic rings. The predicted molar refractivity (Wildman–Crippen MR) is 139 cm³/mol. The van der Waals surface area contributed by atoms with Gasteiger partial charge in [0.05, 0.1) is 18.0 Å². The summed E-state index contributed by atoms with van der Waals surface area (Å²) in [7, 11) is 1.61. The van der Waals surface area contributed by atoms with Gasteiger partial charge in [-0.2, -0.15) is 18.3 Å². The van der Waals surface area contributed by atoms with E-state index in [1.165, 1.54) is 9.58 Å². The molecular weight excluding hydrogens is 529 g/mol. The lowest BCUT2D eigenvalue weighted by atomic mass is 10.0. The Balaban J connectivity index is 1.38. The van der Waals surface area contributed by atoms with Crippen LogP contribution in [0.25, 0.3) is 5.69 Å². The molecule has 0 aliphatic carbocycles. The average Bonchev–Trinajstić information content (AvgIpc) is 3.56. The van der Waals surface area contributed by atoms with Gasteiger partial charge in [0.2, 0.25) is 6.79 Å². The summed E-state index contributed by atoms with van der Waals surface area (Å²) in [6.45, 7) is 3.18. The van der Waals surface area contributed by atoms with Crippen LogP contribution in [-0.2, 0) is 28.7 Å². The van der Waals surface area contributed by atoms with E-state index in [4.69, 9.17) is 14.2 Å². The van der Waals surface area contributed by atoms with Gasteiger partial charge in [-0.05, 0) is 50.2 Å². The number of benzene rings is 2. The number of nitrogens with zero attached hydrogens (tertiary/aromatic N) is 4. The second kappa shape index (κ2) is 11.2. The molecule has 2 aliphatic heterocycles. The maximum Gasteiger partial charge on any atom is 0.435 e. The van der Waals surface area contributed by atoms with Crippen molar-refractivity contribution in [3.05, 3.63) is 65.0 Å². The minimum atomic E-state index is -4.64. The largest absolute Gasteiger partial charge is 0.466 e. The third kappa shape index (κ3) is 5.62. The molecule has 212 valence electrons. The Morgan fingerprint density at radius 1 is 1.12 bits per heavy atom. The first-order valence-corrected chi connectivity index (χ1v) is 13.0. The molecule has 1 aromatic heterocycles. The summed E-state index contributed by atoms with van der Waals surface area (Å²) in [6.07, 6.45) is -3.60. The van der Waals surface area contributed by atoms with Gasteiger partial charge < -0.3 is 19.1 Å². The van der Waals surface area contributed by atoms with Crippen LogP contribution in [0, 0.1) is 0 Å². The fourth-order valence-electron chi connectivity index (χ4n) is 4.96. The van der Waals surface area contributed by atoms with Crippen LogP contribution in [-0.4, -0.2) is 60.1 Å². The average molecular weight is 559 g/mol. The predicted octanol–water partition coefficient (Wildman–Crippen LogP) is 4.60. The number of hydrogen-bond donors (Lipinski definition) is 0. The number of rotatable bonds is 8. The summed E-state index contributed by atoms with van der Waals surface area (Å²) in [4.78, 5) is 28.3. The Hall–Kier alpha value is -4.06. The molecule has 40 heavy (non-hydrogen) atoms. The van der Waals surface area contributed by atoms with Gasteiger partial charge in [-0.15, -0.1) is 0 Å². The Kier molecular flexibility index (Phi) is 7.70. The van der Waals surface area contributed by atoms with Crippen LogP contribution >= 0.6 is 0 Å². The van der Waals surface area contributed by atoms with Crippen molar-refractivity contribution >= 4 is 17.6 Å². The molecular formula is C28H29F3N4O5. The van der Waals surface area contributed by atoms with Crippen molar-refractivity contribution in [1.29, 1.82) is 0 Å². The van der Waals surface area contributed by atoms with E-state index in [-0.39, 0.29) is 37.2 Å². The second-order valence-electron chi connectivity index (χ2n) is 9.57. The first kappa shape index (κ1) is 27.5. The number of anilines is 1. The number of aromatic nitrogens is 2. The molecule has 2 aliphatic rings. The molecule has 9 nitrogen and oxygen atoms in total.